The van der Waals surface area contributed by atoms with Crippen molar-refractivity contribution in [2.45, 2.75) is 58.8 Å². The molecule has 0 N–H and O–H groups in total. The first kappa shape index (κ1) is 14.6. The highest BCUT2D eigenvalue weighted by atomic mass is 35.5. The summed E-state index contributed by atoms with van der Waals surface area (Å²) < 4.78 is 0. The number of benzene rings is 1. The lowest BCUT2D eigenvalue weighted by Gasteiger charge is -2.18. The fourth-order valence-electron chi connectivity index (χ4n) is 2.12. The van der Waals surface area contributed by atoms with Crippen LogP contribution in [-0.2, 0) is 12.8 Å². The molecule has 0 aromatic heterocycles. The van der Waals surface area contributed by atoms with Crippen molar-refractivity contribution >= 4 is 11.6 Å². The number of halogens is 1. The summed E-state index contributed by atoms with van der Waals surface area (Å²) in [5, 5.41) is 0.173. The number of rotatable bonds is 6. The SMILES string of the molecule is CCc1ccc(CC)c(C(Cl)CC(C)CC)c1. The van der Waals surface area contributed by atoms with Crippen LogP contribution in [-0.4, -0.2) is 0 Å². The lowest BCUT2D eigenvalue weighted by atomic mass is 9.93. The van der Waals surface area contributed by atoms with Crippen LogP contribution in [0.15, 0.2) is 18.2 Å². The van der Waals surface area contributed by atoms with E-state index in [9.17, 15) is 0 Å². The molecule has 1 heteroatoms. The summed E-state index contributed by atoms with van der Waals surface area (Å²) in [5.74, 6) is 0.701. The maximum absolute atomic E-state index is 6.59. The minimum atomic E-state index is 0.173. The van der Waals surface area contributed by atoms with E-state index in [2.05, 4.69) is 45.9 Å². The Labute approximate surface area is 111 Å². The third kappa shape index (κ3) is 4.03. The van der Waals surface area contributed by atoms with Crippen LogP contribution in [0.1, 0.15) is 62.6 Å². The molecule has 0 heterocycles. The standard InChI is InChI=1S/C16H25Cl/c1-5-12(4)10-16(17)15-11-13(6-2)8-9-14(15)7-3/h8-9,11-12,16H,5-7,10H2,1-4H3. The molecule has 0 aliphatic carbocycles. The summed E-state index contributed by atoms with van der Waals surface area (Å²) in [7, 11) is 0. The highest BCUT2D eigenvalue weighted by molar-refractivity contribution is 6.20. The van der Waals surface area contributed by atoms with Crippen molar-refractivity contribution in [1.29, 1.82) is 0 Å². The molecule has 1 rings (SSSR count). The highest BCUT2D eigenvalue weighted by Crippen LogP contribution is 2.32. The Balaban J connectivity index is 2.92. The van der Waals surface area contributed by atoms with Crippen LogP contribution in [0.3, 0.4) is 0 Å². The van der Waals surface area contributed by atoms with Gasteiger partial charge in [-0.1, -0.05) is 52.3 Å². The molecule has 0 saturated carbocycles. The van der Waals surface area contributed by atoms with Crippen molar-refractivity contribution in [2.24, 2.45) is 5.92 Å². The van der Waals surface area contributed by atoms with Gasteiger partial charge in [-0.05, 0) is 41.9 Å². The monoisotopic (exact) mass is 252 g/mol. The second-order valence-corrected chi connectivity index (χ2v) is 5.48. The number of aryl methyl sites for hydroxylation is 2. The van der Waals surface area contributed by atoms with E-state index in [1.807, 2.05) is 0 Å². The molecule has 0 radical (unpaired) electrons. The summed E-state index contributed by atoms with van der Waals surface area (Å²) in [6.07, 6.45) is 4.45. The van der Waals surface area contributed by atoms with Gasteiger partial charge in [-0.15, -0.1) is 11.6 Å². The maximum Gasteiger partial charge on any atom is 0.0590 e. The fourth-order valence-corrected chi connectivity index (χ4v) is 2.63. The first-order valence-corrected chi connectivity index (χ1v) is 7.31. The van der Waals surface area contributed by atoms with Crippen LogP contribution < -0.4 is 0 Å². The van der Waals surface area contributed by atoms with Gasteiger partial charge in [0.1, 0.15) is 0 Å². The van der Waals surface area contributed by atoms with Crippen LogP contribution in [0.2, 0.25) is 0 Å². The second kappa shape index (κ2) is 7.06. The molecule has 0 saturated heterocycles. The molecule has 0 spiro atoms. The van der Waals surface area contributed by atoms with E-state index in [0.717, 1.165) is 19.3 Å². The normalized spacial score (nSPS) is 14.6. The Hall–Kier alpha value is -0.490. The lowest BCUT2D eigenvalue weighted by Crippen LogP contribution is -2.03. The molecule has 0 nitrogen and oxygen atoms in total. The molecule has 0 fully saturated rings. The third-order valence-electron chi connectivity index (χ3n) is 3.64. The number of hydrogen-bond donors (Lipinski definition) is 0. The second-order valence-electron chi connectivity index (χ2n) is 4.96. The Morgan fingerprint density at radius 3 is 2.35 bits per heavy atom. The first-order valence-electron chi connectivity index (χ1n) is 6.88. The molecule has 1 aromatic rings. The molecule has 2 atom stereocenters. The van der Waals surface area contributed by atoms with Crippen molar-refractivity contribution in [2.75, 3.05) is 0 Å². The van der Waals surface area contributed by atoms with Crippen LogP contribution >= 0.6 is 11.6 Å². The van der Waals surface area contributed by atoms with E-state index in [1.165, 1.54) is 23.1 Å². The van der Waals surface area contributed by atoms with E-state index in [-0.39, 0.29) is 5.38 Å². The van der Waals surface area contributed by atoms with Gasteiger partial charge in [0.15, 0.2) is 0 Å². The minimum Gasteiger partial charge on any atom is -0.118 e. The molecule has 96 valence electrons. The van der Waals surface area contributed by atoms with Gasteiger partial charge in [-0.3, -0.25) is 0 Å². The summed E-state index contributed by atoms with van der Waals surface area (Å²) in [6, 6.07) is 6.79. The van der Waals surface area contributed by atoms with E-state index in [0.29, 0.717) is 5.92 Å². The lowest BCUT2D eigenvalue weighted by molar-refractivity contribution is 0.507. The summed E-state index contributed by atoms with van der Waals surface area (Å²) >= 11 is 6.59. The van der Waals surface area contributed by atoms with Gasteiger partial charge in [0.25, 0.3) is 0 Å². The van der Waals surface area contributed by atoms with E-state index < -0.39 is 0 Å². The predicted octanol–water partition coefficient (Wildman–Crippen LogP) is 5.53. The average Bonchev–Trinajstić information content (AvgIpc) is 2.37. The molecule has 0 amide bonds. The maximum atomic E-state index is 6.59. The number of alkyl halides is 1. The van der Waals surface area contributed by atoms with Crippen molar-refractivity contribution < 1.29 is 0 Å². The van der Waals surface area contributed by atoms with Crippen LogP contribution in [0.4, 0.5) is 0 Å². The molecular formula is C16H25Cl. The van der Waals surface area contributed by atoms with Crippen molar-refractivity contribution in [3.8, 4) is 0 Å². The zero-order chi connectivity index (χ0) is 12.8. The fraction of sp³-hybridized carbons (Fsp3) is 0.625. The molecule has 0 aliphatic rings. The Morgan fingerprint density at radius 1 is 1.12 bits per heavy atom. The van der Waals surface area contributed by atoms with Gasteiger partial charge >= 0.3 is 0 Å². The molecule has 17 heavy (non-hydrogen) atoms. The predicted molar refractivity (Wildman–Crippen MR) is 77.9 cm³/mol. The van der Waals surface area contributed by atoms with E-state index in [4.69, 9.17) is 11.6 Å². The van der Waals surface area contributed by atoms with Crippen molar-refractivity contribution in [3.05, 3.63) is 34.9 Å². The van der Waals surface area contributed by atoms with E-state index in [1.54, 1.807) is 0 Å². The topological polar surface area (TPSA) is 0 Å². The minimum absolute atomic E-state index is 0.173. The Kier molecular flexibility index (Phi) is 6.05. The van der Waals surface area contributed by atoms with Gasteiger partial charge in [0, 0.05) is 0 Å². The molecule has 2 unspecified atom stereocenters. The zero-order valence-electron chi connectivity index (χ0n) is 11.6. The Bertz CT molecular complexity index is 343. The average molecular weight is 253 g/mol. The molecular weight excluding hydrogens is 228 g/mol. The van der Waals surface area contributed by atoms with Crippen molar-refractivity contribution in [1.82, 2.24) is 0 Å². The smallest absolute Gasteiger partial charge is 0.0590 e. The van der Waals surface area contributed by atoms with Gasteiger partial charge < -0.3 is 0 Å². The summed E-state index contributed by atoms with van der Waals surface area (Å²) in [5.41, 5.74) is 4.16. The zero-order valence-corrected chi connectivity index (χ0v) is 12.3. The number of hydrogen-bond acceptors (Lipinski definition) is 0. The van der Waals surface area contributed by atoms with Gasteiger partial charge in [-0.2, -0.15) is 0 Å². The third-order valence-corrected chi connectivity index (χ3v) is 4.06. The van der Waals surface area contributed by atoms with Gasteiger partial charge in [-0.25, -0.2) is 0 Å². The summed E-state index contributed by atoms with van der Waals surface area (Å²) in [4.78, 5) is 0. The van der Waals surface area contributed by atoms with Crippen LogP contribution in [0.25, 0.3) is 0 Å². The molecule has 0 aliphatic heterocycles. The van der Waals surface area contributed by atoms with Gasteiger partial charge in [0.2, 0.25) is 0 Å². The first-order chi connectivity index (χ1) is 8.12. The van der Waals surface area contributed by atoms with Gasteiger partial charge in [0.05, 0.1) is 5.38 Å². The van der Waals surface area contributed by atoms with Crippen molar-refractivity contribution in [3.63, 3.8) is 0 Å². The van der Waals surface area contributed by atoms with Crippen LogP contribution in [0.5, 0.6) is 0 Å². The molecule has 1 aromatic carbocycles. The highest BCUT2D eigenvalue weighted by Gasteiger charge is 2.15. The Morgan fingerprint density at radius 2 is 1.82 bits per heavy atom. The quantitative estimate of drug-likeness (QED) is 0.584. The van der Waals surface area contributed by atoms with Crippen LogP contribution in [0, 0.1) is 5.92 Å². The van der Waals surface area contributed by atoms with E-state index >= 15 is 0 Å². The summed E-state index contributed by atoms with van der Waals surface area (Å²) in [6.45, 7) is 8.92. The largest absolute Gasteiger partial charge is 0.118 e. The molecule has 0 bridgehead atoms.